The highest BCUT2D eigenvalue weighted by Gasteiger charge is 2.19. The van der Waals surface area contributed by atoms with E-state index < -0.39 is 6.10 Å². The van der Waals surface area contributed by atoms with E-state index in [2.05, 4.69) is 37.4 Å². The summed E-state index contributed by atoms with van der Waals surface area (Å²) in [6.45, 7) is 9.88. The molecule has 0 aliphatic carbocycles. The molecule has 2 aromatic carbocycles. The van der Waals surface area contributed by atoms with E-state index in [1.54, 1.807) is 6.92 Å². The van der Waals surface area contributed by atoms with E-state index in [4.69, 9.17) is 4.74 Å². The first-order valence-electron chi connectivity index (χ1n) is 7.98. The van der Waals surface area contributed by atoms with Crippen molar-refractivity contribution in [3.63, 3.8) is 0 Å². The summed E-state index contributed by atoms with van der Waals surface area (Å²) in [7, 11) is 0. The molecule has 1 N–H and O–H groups in total. The molecular formula is C20H25NO2. The van der Waals surface area contributed by atoms with Crippen molar-refractivity contribution in [3.8, 4) is 5.75 Å². The average molecular weight is 311 g/mol. The third kappa shape index (κ3) is 4.35. The fraction of sp³-hybridized carbons (Fsp3) is 0.350. The molecule has 1 amide bonds. The lowest BCUT2D eigenvalue weighted by Crippen LogP contribution is -2.38. The molecule has 0 spiro atoms. The first-order valence-corrected chi connectivity index (χ1v) is 7.98. The molecular weight excluding hydrogens is 286 g/mol. The molecule has 23 heavy (non-hydrogen) atoms. The molecule has 3 nitrogen and oxygen atoms in total. The van der Waals surface area contributed by atoms with Gasteiger partial charge in [-0.15, -0.1) is 0 Å². The van der Waals surface area contributed by atoms with Crippen LogP contribution in [0.5, 0.6) is 5.75 Å². The van der Waals surface area contributed by atoms with Crippen LogP contribution in [0, 0.1) is 20.8 Å². The Morgan fingerprint density at radius 3 is 2.35 bits per heavy atom. The Kier molecular flexibility index (Phi) is 5.43. The number of hydrogen-bond donors (Lipinski definition) is 1. The van der Waals surface area contributed by atoms with Gasteiger partial charge in [0, 0.05) is 0 Å². The Balaban J connectivity index is 2.01. The zero-order valence-electron chi connectivity index (χ0n) is 14.5. The number of hydrogen-bond acceptors (Lipinski definition) is 2. The molecule has 0 saturated carbocycles. The highest BCUT2D eigenvalue weighted by molar-refractivity contribution is 5.81. The largest absolute Gasteiger partial charge is 0.481 e. The second kappa shape index (κ2) is 7.32. The van der Waals surface area contributed by atoms with E-state index in [1.807, 2.05) is 38.1 Å². The minimum absolute atomic E-state index is 0.0500. The van der Waals surface area contributed by atoms with Crippen molar-refractivity contribution < 1.29 is 9.53 Å². The molecule has 0 fully saturated rings. The Labute approximate surface area is 138 Å². The molecule has 0 radical (unpaired) electrons. The SMILES string of the molecule is Cc1ccc([C@@H](C)NC(=O)[C@H](C)Oc2ccccc2C)c(C)c1. The number of carbonyl (C=O) groups is 1. The summed E-state index contributed by atoms with van der Waals surface area (Å²) in [6, 6.07) is 13.9. The maximum Gasteiger partial charge on any atom is 0.261 e. The van der Waals surface area contributed by atoms with Gasteiger partial charge in [0.25, 0.3) is 5.91 Å². The predicted octanol–water partition coefficient (Wildman–Crippen LogP) is 4.26. The lowest BCUT2D eigenvalue weighted by molar-refractivity contribution is -0.127. The van der Waals surface area contributed by atoms with Gasteiger partial charge >= 0.3 is 0 Å². The first-order chi connectivity index (χ1) is 10.9. The lowest BCUT2D eigenvalue weighted by atomic mass is 10.00. The standard InChI is InChI=1S/C20H25NO2/c1-13-10-11-18(15(3)12-13)16(4)21-20(22)17(5)23-19-9-7-6-8-14(19)2/h6-12,16-17H,1-5H3,(H,21,22)/t16-,17+/m1/s1. The highest BCUT2D eigenvalue weighted by atomic mass is 16.5. The summed E-state index contributed by atoms with van der Waals surface area (Å²) in [6.07, 6.45) is -0.538. The van der Waals surface area contributed by atoms with Crippen molar-refractivity contribution in [2.75, 3.05) is 0 Å². The van der Waals surface area contributed by atoms with Crippen LogP contribution in [0.2, 0.25) is 0 Å². The topological polar surface area (TPSA) is 38.3 Å². The van der Waals surface area contributed by atoms with Crippen molar-refractivity contribution in [2.24, 2.45) is 0 Å². The van der Waals surface area contributed by atoms with Crippen LogP contribution < -0.4 is 10.1 Å². The number of benzene rings is 2. The smallest absolute Gasteiger partial charge is 0.261 e. The van der Waals surface area contributed by atoms with Gasteiger partial charge in [0.05, 0.1) is 6.04 Å². The fourth-order valence-corrected chi connectivity index (χ4v) is 2.65. The molecule has 0 aromatic heterocycles. The summed E-state index contributed by atoms with van der Waals surface area (Å²) in [5, 5.41) is 3.03. The van der Waals surface area contributed by atoms with E-state index in [1.165, 1.54) is 11.1 Å². The van der Waals surface area contributed by atoms with Gasteiger partial charge < -0.3 is 10.1 Å². The second-order valence-electron chi connectivity index (χ2n) is 6.12. The number of rotatable bonds is 5. The maximum absolute atomic E-state index is 12.4. The molecule has 0 aliphatic rings. The lowest BCUT2D eigenvalue weighted by Gasteiger charge is -2.21. The molecule has 0 heterocycles. The van der Waals surface area contributed by atoms with Gasteiger partial charge in [-0.2, -0.15) is 0 Å². The van der Waals surface area contributed by atoms with E-state index in [9.17, 15) is 4.79 Å². The van der Waals surface area contributed by atoms with Crippen molar-refractivity contribution in [1.82, 2.24) is 5.32 Å². The predicted molar refractivity (Wildman–Crippen MR) is 93.7 cm³/mol. The van der Waals surface area contributed by atoms with Gasteiger partial charge in [0.1, 0.15) is 5.75 Å². The summed E-state index contributed by atoms with van der Waals surface area (Å²) in [5.41, 5.74) is 4.56. The average Bonchev–Trinajstić information content (AvgIpc) is 2.49. The van der Waals surface area contributed by atoms with Gasteiger partial charge in [0.2, 0.25) is 0 Å². The molecule has 0 bridgehead atoms. The number of aryl methyl sites for hydroxylation is 3. The van der Waals surface area contributed by atoms with E-state index in [0.29, 0.717) is 0 Å². The molecule has 122 valence electrons. The van der Waals surface area contributed by atoms with Crippen LogP contribution in [-0.4, -0.2) is 12.0 Å². The monoisotopic (exact) mass is 311 g/mol. The normalized spacial score (nSPS) is 13.3. The zero-order valence-corrected chi connectivity index (χ0v) is 14.5. The third-order valence-electron chi connectivity index (χ3n) is 4.02. The van der Waals surface area contributed by atoms with Crippen LogP contribution in [0.1, 0.15) is 42.1 Å². The van der Waals surface area contributed by atoms with Crippen molar-refractivity contribution >= 4 is 5.91 Å². The Morgan fingerprint density at radius 2 is 1.70 bits per heavy atom. The fourth-order valence-electron chi connectivity index (χ4n) is 2.65. The first kappa shape index (κ1) is 17.1. The molecule has 2 aromatic rings. The molecule has 2 rings (SSSR count). The summed E-state index contributed by atoms with van der Waals surface area (Å²) in [5.74, 6) is 0.634. The Hall–Kier alpha value is -2.29. The molecule has 0 saturated heterocycles. The van der Waals surface area contributed by atoms with Gasteiger partial charge in [-0.05, 0) is 57.4 Å². The van der Waals surface area contributed by atoms with Crippen LogP contribution in [-0.2, 0) is 4.79 Å². The van der Waals surface area contributed by atoms with Crippen molar-refractivity contribution in [3.05, 3.63) is 64.7 Å². The van der Waals surface area contributed by atoms with E-state index >= 15 is 0 Å². The molecule has 3 heteroatoms. The van der Waals surface area contributed by atoms with Crippen LogP contribution >= 0.6 is 0 Å². The van der Waals surface area contributed by atoms with Crippen LogP contribution in [0.25, 0.3) is 0 Å². The Morgan fingerprint density at radius 1 is 1.00 bits per heavy atom. The van der Waals surface area contributed by atoms with Gasteiger partial charge in [-0.1, -0.05) is 42.0 Å². The van der Waals surface area contributed by atoms with Crippen LogP contribution in [0.4, 0.5) is 0 Å². The number of ether oxygens (including phenoxy) is 1. The minimum atomic E-state index is -0.538. The molecule has 0 unspecified atom stereocenters. The number of amides is 1. The maximum atomic E-state index is 12.4. The molecule has 0 aliphatic heterocycles. The second-order valence-corrected chi connectivity index (χ2v) is 6.12. The van der Waals surface area contributed by atoms with Crippen LogP contribution in [0.3, 0.4) is 0 Å². The van der Waals surface area contributed by atoms with E-state index in [-0.39, 0.29) is 11.9 Å². The summed E-state index contributed by atoms with van der Waals surface area (Å²) < 4.78 is 5.78. The quantitative estimate of drug-likeness (QED) is 0.896. The third-order valence-corrected chi connectivity index (χ3v) is 4.02. The molecule has 2 atom stereocenters. The summed E-state index contributed by atoms with van der Waals surface area (Å²) in [4.78, 5) is 12.4. The minimum Gasteiger partial charge on any atom is -0.481 e. The van der Waals surface area contributed by atoms with Gasteiger partial charge in [-0.3, -0.25) is 4.79 Å². The van der Waals surface area contributed by atoms with Gasteiger partial charge in [0.15, 0.2) is 6.10 Å². The summed E-state index contributed by atoms with van der Waals surface area (Å²) >= 11 is 0. The zero-order chi connectivity index (χ0) is 17.0. The number of nitrogens with one attached hydrogen (secondary N) is 1. The van der Waals surface area contributed by atoms with Crippen LogP contribution in [0.15, 0.2) is 42.5 Å². The highest BCUT2D eigenvalue weighted by Crippen LogP contribution is 2.20. The van der Waals surface area contributed by atoms with Gasteiger partial charge in [-0.25, -0.2) is 0 Å². The van der Waals surface area contributed by atoms with Crippen molar-refractivity contribution in [2.45, 2.75) is 46.8 Å². The number of carbonyl (C=O) groups excluding carboxylic acids is 1. The van der Waals surface area contributed by atoms with E-state index in [0.717, 1.165) is 16.9 Å². The number of para-hydroxylation sites is 1. The van der Waals surface area contributed by atoms with Crippen molar-refractivity contribution in [1.29, 1.82) is 0 Å². The Bertz CT molecular complexity index is 694.